The number of halogens is 2. The van der Waals surface area contributed by atoms with Crippen molar-refractivity contribution in [3.05, 3.63) is 63.1 Å². The number of rotatable bonds is 4. The molecule has 0 saturated carbocycles. The van der Waals surface area contributed by atoms with Crippen LogP contribution in [0, 0.1) is 0 Å². The summed E-state index contributed by atoms with van der Waals surface area (Å²) in [6.07, 6.45) is 0. The lowest BCUT2D eigenvalue weighted by atomic mass is 10.1. The van der Waals surface area contributed by atoms with Crippen molar-refractivity contribution in [3.63, 3.8) is 0 Å². The minimum Gasteiger partial charge on any atom is -0.409 e. The van der Waals surface area contributed by atoms with E-state index in [-0.39, 0.29) is 5.84 Å². The van der Waals surface area contributed by atoms with Crippen LogP contribution < -0.4 is 10.6 Å². The number of hydrogen-bond acceptors (Lipinski definition) is 3. The summed E-state index contributed by atoms with van der Waals surface area (Å²) < 4.78 is 1.03. The molecule has 0 aromatic heterocycles. The Morgan fingerprint density at radius 2 is 2.00 bits per heavy atom. The Hall–Kier alpha value is -1.72. The molecule has 0 radical (unpaired) electrons. The van der Waals surface area contributed by atoms with Crippen molar-refractivity contribution >= 4 is 39.1 Å². The summed E-state index contributed by atoms with van der Waals surface area (Å²) in [6, 6.07) is 13.4. The zero-order chi connectivity index (χ0) is 15.4. The number of benzene rings is 2. The Labute approximate surface area is 136 Å². The van der Waals surface area contributed by atoms with Gasteiger partial charge in [0.2, 0.25) is 0 Å². The van der Waals surface area contributed by atoms with Crippen LogP contribution in [0.4, 0.5) is 5.69 Å². The van der Waals surface area contributed by atoms with Gasteiger partial charge in [-0.15, -0.1) is 0 Å². The van der Waals surface area contributed by atoms with E-state index in [0.717, 1.165) is 15.7 Å². The molecule has 0 aliphatic heterocycles. The first-order valence-electron chi connectivity index (χ1n) is 6.25. The highest BCUT2D eigenvalue weighted by molar-refractivity contribution is 9.10. The Morgan fingerprint density at radius 1 is 1.29 bits per heavy atom. The highest BCUT2D eigenvalue weighted by Gasteiger charge is 2.15. The summed E-state index contributed by atoms with van der Waals surface area (Å²) in [6.45, 7) is 0.660. The van der Waals surface area contributed by atoms with Crippen molar-refractivity contribution in [2.75, 3.05) is 11.9 Å². The minimum absolute atomic E-state index is 0.00502. The molecule has 4 nitrogen and oxygen atoms in total. The molecule has 0 bridgehead atoms. The molecule has 0 spiro atoms. The first-order chi connectivity index (χ1) is 10.0. The van der Waals surface area contributed by atoms with Gasteiger partial charge in [0, 0.05) is 23.8 Å². The molecule has 0 fully saturated rings. The average Bonchev–Trinajstić information content (AvgIpc) is 2.48. The normalized spacial score (nSPS) is 11.5. The molecule has 2 rings (SSSR count). The van der Waals surface area contributed by atoms with Gasteiger partial charge in [0.05, 0.1) is 10.6 Å². The molecule has 2 aromatic rings. The van der Waals surface area contributed by atoms with E-state index in [1.807, 2.05) is 48.3 Å². The SMILES string of the molecule is CN(Cc1ccccc1Br)c1cccc(Cl)c1C(N)=NO. The topological polar surface area (TPSA) is 61.8 Å². The van der Waals surface area contributed by atoms with Crippen LogP contribution >= 0.6 is 27.5 Å². The number of nitrogens with zero attached hydrogens (tertiary/aromatic N) is 2. The fourth-order valence-electron chi connectivity index (χ4n) is 2.10. The van der Waals surface area contributed by atoms with Gasteiger partial charge in [-0.2, -0.15) is 0 Å². The van der Waals surface area contributed by atoms with Gasteiger partial charge < -0.3 is 15.8 Å². The average molecular weight is 369 g/mol. The quantitative estimate of drug-likeness (QED) is 0.373. The lowest BCUT2D eigenvalue weighted by Gasteiger charge is -2.23. The summed E-state index contributed by atoms with van der Waals surface area (Å²) in [4.78, 5) is 2.00. The fraction of sp³-hybridized carbons (Fsp3) is 0.133. The number of nitrogens with two attached hydrogens (primary N) is 1. The zero-order valence-electron chi connectivity index (χ0n) is 11.4. The second-order valence-electron chi connectivity index (χ2n) is 4.57. The van der Waals surface area contributed by atoms with Crippen LogP contribution in [-0.2, 0) is 6.54 Å². The molecule has 3 N–H and O–H groups in total. The van der Waals surface area contributed by atoms with Gasteiger partial charge in [0.25, 0.3) is 0 Å². The predicted molar refractivity (Wildman–Crippen MR) is 90.2 cm³/mol. The van der Waals surface area contributed by atoms with Crippen molar-refractivity contribution in [1.29, 1.82) is 0 Å². The highest BCUT2D eigenvalue weighted by Crippen LogP contribution is 2.28. The van der Waals surface area contributed by atoms with Crippen molar-refractivity contribution in [2.24, 2.45) is 10.9 Å². The summed E-state index contributed by atoms with van der Waals surface area (Å²) >= 11 is 9.71. The lowest BCUT2D eigenvalue weighted by molar-refractivity contribution is 0.318. The Morgan fingerprint density at radius 3 is 2.67 bits per heavy atom. The maximum atomic E-state index is 8.93. The molecule has 0 saturated heterocycles. The monoisotopic (exact) mass is 367 g/mol. The molecule has 6 heteroatoms. The van der Waals surface area contributed by atoms with Gasteiger partial charge in [-0.05, 0) is 23.8 Å². The third kappa shape index (κ3) is 3.49. The van der Waals surface area contributed by atoms with E-state index in [1.165, 1.54) is 0 Å². The molecule has 21 heavy (non-hydrogen) atoms. The number of oxime groups is 1. The van der Waals surface area contributed by atoms with E-state index in [4.69, 9.17) is 22.5 Å². The van der Waals surface area contributed by atoms with Crippen molar-refractivity contribution in [3.8, 4) is 0 Å². The van der Waals surface area contributed by atoms with Crippen LogP contribution in [0.1, 0.15) is 11.1 Å². The standard InChI is InChI=1S/C15H15BrClN3O/c1-20(9-10-5-2-3-6-11(10)16)13-8-4-7-12(17)14(13)15(18)19-21/h2-8,21H,9H2,1H3,(H2,18,19). The van der Waals surface area contributed by atoms with Crippen molar-refractivity contribution in [2.45, 2.75) is 6.54 Å². The Bertz CT molecular complexity index is 676. The summed E-state index contributed by atoms with van der Waals surface area (Å²) in [5.74, 6) is -0.00502. The molecule has 0 unspecified atom stereocenters. The van der Waals surface area contributed by atoms with Gasteiger partial charge in [-0.1, -0.05) is 57.0 Å². The molecular formula is C15H15BrClN3O. The van der Waals surface area contributed by atoms with E-state index in [9.17, 15) is 0 Å². The largest absolute Gasteiger partial charge is 0.409 e. The van der Waals surface area contributed by atoms with Crippen LogP contribution in [-0.4, -0.2) is 18.1 Å². The van der Waals surface area contributed by atoms with Crippen LogP contribution in [0.25, 0.3) is 0 Å². The van der Waals surface area contributed by atoms with Gasteiger partial charge in [0.15, 0.2) is 5.84 Å². The van der Waals surface area contributed by atoms with Crippen LogP contribution in [0.15, 0.2) is 52.1 Å². The van der Waals surface area contributed by atoms with E-state index in [0.29, 0.717) is 17.1 Å². The van der Waals surface area contributed by atoms with Crippen LogP contribution in [0.3, 0.4) is 0 Å². The molecule has 0 atom stereocenters. The number of amidine groups is 1. The van der Waals surface area contributed by atoms with Gasteiger partial charge >= 0.3 is 0 Å². The van der Waals surface area contributed by atoms with Gasteiger partial charge in [0.1, 0.15) is 0 Å². The van der Waals surface area contributed by atoms with E-state index in [2.05, 4.69) is 21.1 Å². The van der Waals surface area contributed by atoms with Crippen LogP contribution in [0.2, 0.25) is 5.02 Å². The van der Waals surface area contributed by atoms with Crippen molar-refractivity contribution < 1.29 is 5.21 Å². The smallest absolute Gasteiger partial charge is 0.173 e. The van der Waals surface area contributed by atoms with Crippen LogP contribution in [0.5, 0.6) is 0 Å². The second kappa shape index (κ2) is 6.83. The third-order valence-electron chi connectivity index (χ3n) is 3.13. The lowest BCUT2D eigenvalue weighted by Crippen LogP contribution is -2.23. The molecule has 110 valence electrons. The Kier molecular flexibility index (Phi) is 5.09. The first-order valence-corrected chi connectivity index (χ1v) is 7.42. The number of anilines is 1. The Balaban J connectivity index is 2.38. The molecule has 0 aliphatic rings. The molecule has 0 aliphatic carbocycles. The van der Waals surface area contributed by atoms with Crippen molar-refractivity contribution in [1.82, 2.24) is 0 Å². The first kappa shape index (κ1) is 15.7. The zero-order valence-corrected chi connectivity index (χ0v) is 13.8. The van der Waals surface area contributed by atoms with E-state index >= 15 is 0 Å². The molecule has 0 heterocycles. The highest BCUT2D eigenvalue weighted by atomic mass is 79.9. The summed E-state index contributed by atoms with van der Waals surface area (Å²) in [7, 11) is 1.93. The summed E-state index contributed by atoms with van der Waals surface area (Å²) in [5, 5.41) is 12.4. The van der Waals surface area contributed by atoms with E-state index < -0.39 is 0 Å². The maximum Gasteiger partial charge on any atom is 0.173 e. The predicted octanol–water partition coefficient (Wildman–Crippen LogP) is 3.83. The second-order valence-corrected chi connectivity index (χ2v) is 5.83. The van der Waals surface area contributed by atoms with Gasteiger partial charge in [-0.3, -0.25) is 0 Å². The van der Waals surface area contributed by atoms with E-state index in [1.54, 1.807) is 6.07 Å². The third-order valence-corrected chi connectivity index (χ3v) is 4.22. The van der Waals surface area contributed by atoms with Gasteiger partial charge in [-0.25, -0.2) is 0 Å². The number of hydrogen-bond donors (Lipinski definition) is 2. The molecule has 2 aromatic carbocycles. The maximum absolute atomic E-state index is 8.93. The minimum atomic E-state index is -0.00502. The molecular weight excluding hydrogens is 354 g/mol. The fourth-order valence-corrected chi connectivity index (χ4v) is 2.78. The summed E-state index contributed by atoms with van der Waals surface area (Å²) in [5.41, 5.74) is 8.19. The molecule has 0 amide bonds.